The Bertz CT molecular complexity index is 3290. The molecule has 10 rings (SSSR count). The number of carbonyl (C=O) groups is 12. The highest BCUT2D eigenvalue weighted by molar-refractivity contribution is 7.80. The third-order valence-corrected chi connectivity index (χ3v) is 18.7. The molecule has 0 spiro atoms. The number of hydrogen-bond acceptors (Lipinski definition) is 13. The van der Waals surface area contributed by atoms with Crippen LogP contribution in [-0.4, -0.2) is 217 Å². The van der Waals surface area contributed by atoms with Crippen LogP contribution in [0.1, 0.15) is 130 Å². The van der Waals surface area contributed by atoms with Gasteiger partial charge in [0.2, 0.25) is 47.3 Å². The van der Waals surface area contributed by atoms with Gasteiger partial charge in [-0.2, -0.15) is 26.3 Å². The molecule has 3 aromatic carbocycles. The van der Waals surface area contributed by atoms with Gasteiger partial charge >= 0.3 is 12.4 Å². The molecule has 31 heteroatoms. The van der Waals surface area contributed by atoms with Crippen molar-refractivity contribution in [2.45, 2.75) is 150 Å². The predicted octanol–water partition coefficient (Wildman–Crippen LogP) is 2.87. The molecule has 3 aromatic rings. The molecule has 24 nitrogen and oxygen atoms in total. The summed E-state index contributed by atoms with van der Waals surface area (Å²) in [6, 6.07) is 1.69. The standard InChI is InChI=1S/C62H68F6N12O12S/c1-33(83)78-28-42(71-53(86)37-16-12-35(32-82)13-17-37)26-49(78)58(91)76-20-2-6-44(76)54(87)75-19-5-9-47(75)57(90)80-30-43(73-60(93)72-40-23-38(61(63,64)65)22-39(24-40)62(66,67)68)27-50(80)59(92)77-21-3-7-45(77)55(88)74-18-4-8-46(74)56(89)79-29-41(25-48(79)51(69)84)70-52(85)36-14-10-34(31-81)11-15-36/h10-17,22-24,31-32,41-50H,2-9,18-21,25-30H2,1H3,(H2,69,84)(H,70,85)(H,71,86)(H2,72,73,93)/t41-,42-,43-,44-,45-,46-,47-,48-,49-,50-/m0/s1. The van der Waals surface area contributed by atoms with Gasteiger partial charge in [0.25, 0.3) is 11.8 Å². The maximum Gasteiger partial charge on any atom is 0.416 e. The van der Waals surface area contributed by atoms with Gasteiger partial charge in [0.1, 0.15) is 54.9 Å². The summed E-state index contributed by atoms with van der Waals surface area (Å²) in [5.74, 6) is -6.19. The third kappa shape index (κ3) is 14.3. The molecule has 0 bridgehead atoms. The second kappa shape index (κ2) is 27.3. The Morgan fingerprint density at radius 2 is 0.785 bits per heavy atom. The maximum atomic E-state index is 15.3. The van der Waals surface area contributed by atoms with Crippen LogP contribution in [-0.2, 0) is 50.7 Å². The fourth-order valence-corrected chi connectivity index (χ4v) is 14.3. The first-order chi connectivity index (χ1) is 44.1. The van der Waals surface area contributed by atoms with Crippen LogP contribution in [0.4, 0.5) is 32.0 Å². The van der Waals surface area contributed by atoms with Gasteiger partial charge in [0.05, 0.1) is 11.1 Å². The van der Waals surface area contributed by atoms with Crippen LogP contribution >= 0.6 is 12.2 Å². The normalized spacial score (nSPS) is 25.5. The van der Waals surface area contributed by atoms with E-state index < -0.39 is 154 Å². The van der Waals surface area contributed by atoms with E-state index in [0.29, 0.717) is 55.1 Å². The minimum Gasteiger partial charge on any atom is -0.368 e. The summed E-state index contributed by atoms with van der Waals surface area (Å²) in [6.07, 6.45) is -7.60. The fraction of sp³-hybridized carbons (Fsp3) is 0.500. The molecule has 0 aliphatic carbocycles. The van der Waals surface area contributed by atoms with Gasteiger partial charge in [-0.05, 0) is 125 Å². The minimum absolute atomic E-state index is 0.00445. The Balaban J connectivity index is 0.863. The Morgan fingerprint density at radius 1 is 0.462 bits per heavy atom. The molecule has 7 aliphatic heterocycles. The number of nitrogens with two attached hydrogens (primary N) is 1. The molecule has 0 radical (unpaired) electrons. The quantitative estimate of drug-likeness (QED) is 0.0831. The minimum atomic E-state index is -5.19. The summed E-state index contributed by atoms with van der Waals surface area (Å²) in [7, 11) is 0. The summed E-state index contributed by atoms with van der Waals surface area (Å²) in [6.45, 7) is 0.977. The summed E-state index contributed by atoms with van der Waals surface area (Å²) in [5, 5.41) is 10.4. The molecule has 7 aliphatic rings. The van der Waals surface area contributed by atoms with Gasteiger partial charge in [0, 0.05) is 98.8 Å². The number of rotatable bonds is 15. The van der Waals surface area contributed by atoms with Gasteiger partial charge in [-0.15, -0.1) is 0 Å². The lowest BCUT2D eigenvalue weighted by molar-refractivity contribution is -0.155. The molecule has 7 heterocycles. The molecular formula is C62H68F6N12O12S. The highest BCUT2D eigenvalue weighted by Gasteiger charge is 2.53. The van der Waals surface area contributed by atoms with Crippen LogP contribution in [0.25, 0.3) is 0 Å². The first-order valence-electron chi connectivity index (χ1n) is 30.6. The Hall–Kier alpha value is -9.03. The van der Waals surface area contributed by atoms with E-state index in [4.69, 9.17) is 18.0 Å². The summed E-state index contributed by atoms with van der Waals surface area (Å²) >= 11 is 5.44. The molecule has 0 saturated carbocycles. The number of amides is 10. The molecule has 7 saturated heterocycles. The summed E-state index contributed by atoms with van der Waals surface area (Å²) in [4.78, 5) is 173. The van der Waals surface area contributed by atoms with E-state index in [1.807, 2.05) is 0 Å². The van der Waals surface area contributed by atoms with Crippen molar-refractivity contribution in [3.63, 3.8) is 0 Å². The van der Waals surface area contributed by atoms with Crippen LogP contribution in [0, 0.1) is 0 Å². The molecular weight excluding hydrogens is 1250 g/mol. The highest BCUT2D eigenvalue weighted by atomic mass is 32.1. The Labute approximate surface area is 534 Å². The number of aldehydes is 2. The number of halogens is 6. The zero-order chi connectivity index (χ0) is 67.0. The molecule has 0 aromatic heterocycles. The molecule has 0 unspecified atom stereocenters. The number of benzene rings is 3. The van der Waals surface area contributed by atoms with E-state index in [2.05, 4.69) is 21.3 Å². The average molecular weight is 1320 g/mol. The monoisotopic (exact) mass is 1320 g/mol. The van der Waals surface area contributed by atoms with E-state index in [0.717, 1.165) is 0 Å². The number of alkyl halides is 6. The predicted molar refractivity (Wildman–Crippen MR) is 320 cm³/mol. The molecule has 10 atom stereocenters. The largest absolute Gasteiger partial charge is 0.416 e. The number of primary amides is 1. The smallest absolute Gasteiger partial charge is 0.368 e. The molecule has 7 fully saturated rings. The molecule has 10 amide bonds. The lowest BCUT2D eigenvalue weighted by Gasteiger charge is -2.37. The van der Waals surface area contributed by atoms with Crippen LogP contribution in [0.3, 0.4) is 0 Å². The number of likely N-dealkylation sites (tertiary alicyclic amines) is 7. The number of thiocarbonyl (C=S) groups is 1. The fourth-order valence-electron chi connectivity index (χ4n) is 14.0. The van der Waals surface area contributed by atoms with E-state index in [1.54, 1.807) is 0 Å². The van der Waals surface area contributed by atoms with Crippen molar-refractivity contribution in [2.24, 2.45) is 5.73 Å². The Morgan fingerprint density at radius 3 is 1.14 bits per heavy atom. The summed E-state index contributed by atoms with van der Waals surface area (Å²) < 4.78 is 83.4. The zero-order valence-corrected chi connectivity index (χ0v) is 51.1. The Kier molecular flexibility index (Phi) is 19.6. The van der Waals surface area contributed by atoms with Crippen molar-refractivity contribution >= 4 is 94.7 Å². The van der Waals surface area contributed by atoms with Crippen molar-refractivity contribution in [1.29, 1.82) is 0 Å². The number of anilines is 1. The number of nitrogens with one attached hydrogen (secondary N) is 4. The van der Waals surface area contributed by atoms with E-state index in [9.17, 15) is 74.3 Å². The van der Waals surface area contributed by atoms with Crippen LogP contribution in [0.2, 0.25) is 0 Å². The van der Waals surface area contributed by atoms with Crippen molar-refractivity contribution in [3.05, 3.63) is 100 Å². The lowest BCUT2D eigenvalue weighted by Crippen LogP contribution is -2.59. The maximum absolute atomic E-state index is 15.3. The number of hydrogen-bond donors (Lipinski definition) is 5. The van der Waals surface area contributed by atoms with E-state index in [1.165, 1.54) is 89.8 Å². The SMILES string of the molecule is CC(=O)N1C[C@@H](NC(=O)c2ccc(C=O)cc2)C[C@H]1C(=O)N1CCC[C@H]1C(=O)N1CCC[C@H]1C(=O)N1C[C@@H](NC(=S)Nc2cc(C(F)(F)F)cc(C(F)(F)F)c2)C[C@H]1C(=O)N1CCC[C@H]1C(=O)N1CCC[C@H]1C(=O)N1C[C@@H](NC(=O)c2ccc(C=O)cc2)C[C@H]1C(N)=O. The second-order valence-corrected chi connectivity index (χ2v) is 24.9. The van der Waals surface area contributed by atoms with Crippen molar-refractivity contribution in [3.8, 4) is 0 Å². The van der Waals surface area contributed by atoms with Gasteiger partial charge < -0.3 is 61.3 Å². The highest BCUT2D eigenvalue weighted by Crippen LogP contribution is 2.39. The van der Waals surface area contributed by atoms with E-state index in [-0.39, 0.29) is 114 Å². The number of nitrogens with zero attached hydrogens (tertiary/aromatic N) is 7. The topological polar surface area (TPSA) is 302 Å². The zero-order valence-electron chi connectivity index (χ0n) is 50.3. The molecule has 496 valence electrons. The average Bonchev–Trinajstić information content (AvgIpc) is 1.68. The van der Waals surface area contributed by atoms with Crippen molar-refractivity contribution in [2.75, 3.05) is 51.1 Å². The summed E-state index contributed by atoms with van der Waals surface area (Å²) in [5.41, 5.74) is 3.01. The first kappa shape index (κ1) is 66.9. The van der Waals surface area contributed by atoms with E-state index >= 15 is 9.59 Å². The lowest BCUT2D eigenvalue weighted by atomic mass is 10.1. The number of carbonyl (C=O) groups excluding carboxylic acids is 12. The van der Waals surface area contributed by atoms with Gasteiger partial charge in [0.15, 0.2) is 5.11 Å². The van der Waals surface area contributed by atoms with Gasteiger partial charge in [-0.1, -0.05) is 24.3 Å². The van der Waals surface area contributed by atoms with Crippen molar-refractivity contribution < 1.29 is 83.9 Å². The molecule has 93 heavy (non-hydrogen) atoms. The first-order valence-corrected chi connectivity index (χ1v) is 31.0. The van der Waals surface area contributed by atoms with Crippen molar-refractivity contribution in [1.82, 2.24) is 50.2 Å². The van der Waals surface area contributed by atoms with Gasteiger partial charge in [-0.3, -0.25) is 57.5 Å². The van der Waals surface area contributed by atoms with Crippen LogP contribution in [0.15, 0.2) is 66.7 Å². The van der Waals surface area contributed by atoms with Gasteiger partial charge in [-0.25, -0.2) is 0 Å². The third-order valence-electron chi connectivity index (χ3n) is 18.5. The second-order valence-electron chi connectivity index (χ2n) is 24.5. The van der Waals surface area contributed by atoms with Crippen LogP contribution in [0.5, 0.6) is 0 Å². The molecule has 6 N–H and O–H groups in total. The van der Waals surface area contributed by atoms with Crippen LogP contribution < -0.4 is 27.0 Å².